The zero-order chi connectivity index (χ0) is 27.1. The Balaban J connectivity index is 1.73. The zero-order valence-corrected chi connectivity index (χ0v) is 21.1. The van der Waals surface area contributed by atoms with Crippen LogP contribution in [0.3, 0.4) is 0 Å². The molecule has 2 unspecified atom stereocenters. The summed E-state index contributed by atoms with van der Waals surface area (Å²) in [6.07, 6.45) is -4.50. The van der Waals surface area contributed by atoms with Gasteiger partial charge in [-0.25, -0.2) is 0 Å². The maximum atomic E-state index is 13.6. The fourth-order valence-corrected chi connectivity index (χ4v) is 4.91. The molecule has 1 N–H and O–H groups in total. The number of hydrogen-bond donors (Lipinski definition) is 1. The molecule has 0 radical (unpaired) electrons. The predicted molar refractivity (Wildman–Crippen MR) is 143 cm³/mol. The van der Waals surface area contributed by atoms with Crippen molar-refractivity contribution >= 4 is 5.97 Å². The molecule has 0 aliphatic rings. The second-order valence-electron chi connectivity index (χ2n) is 9.43. The van der Waals surface area contributed by atoms with Crippen molar-refractivity contribution in [2.45, 2.75) is 44.6 Å². The molecule has 3 nitrogen and oxygen atoms in total. The van der Waals surface area contributed by atoms with E-state index in [-0.39, 0.29) is 24.4 Å². The van der Waals surface area contributed by atoms with Gasteiger partial charge in [0.15, 0.2) is 0 Å². The molecule has 0 heterocycles. The Bertz CT molecular complexity index is 1340. The van der Waals surface area contributed by atoms with Crippen molar-refractivity contribution in [3.63, 3.8) is 0 Å². The van der Waals surface area contributed by atoms with Gasteiger partial charge in [0.25, 0.3) is 0 Å². The van der Waals surface area contributed by atoms with Gasteiger partial charge in [0.05, 0.1) is 12.0 Å². The third-order valence-corrected chi connectivity index (χ3v) is 6.81. The quantitative estimate of drug-likeness (QED) is 0.231. The second kappa shape index (κ2) is 12.1. The van der Waals surface area contributed by atoms with E-state index in [1.807, 2.05) is 72.8 Å². The van der Waals surface area contributed by atoms with Crippen molar-refractivity contribution in [3.05, 3.63) is 143 Å². The van der Waals surface area contributed by atoms with Crippen LogP contribution in [0.25, 0.3) is 0 Å². The van der Waals surface area contributed by atoms with Crippen LogP contribution >= 0.6 is 0 Å². The lowest BCUT2D eigenvalue weighted by atomic mass is 9.93. The molecule has 0 aliphatic heterocycles. The molecular formula is C32H30F3NO2. The van der Waals surface area contributed by atoms with E-state index in [0.29, 0.717) is 12.1 Å². The average molecular weight is 518 g/mol. The average Bonchev–Trinajstić information content (AvgIpc) is 2.91. The maximum Gasteiger partial charge on any atom is 0.416 e. The van der Waals surface area contributed by atoms with Gasteiger partial charge < -0.3 is 5.11 Å². The van der Waals surface area contributed by atoms with Crippen molar-refractivity contribution in [3.8, 4) is 0 Å². The normalized spacial score (nSPS) is 13.3. The SMILES string of the molecule is CC(c1ccccc1)N(Cc1ccccc1)C(CC(=O)O)c1cccc(Cc2ccccc2C(F)(F)F)c1. The Morgan fingerprint density at radius 1 is 0.789 bits per heavy atom. The van der Waals surface area contributed by atoms with Gasteiger partial charge in [0, 0.05) is 18.6 Å². The molecule has 0 bridgehead atoms. The number of nitrogens with zero attached hydrogens (tertiary/aromatic N) is 1. The molecule has 4 aromatic carbocycles. The number of carboxylic acids is 1. The summed E-state index contributed by atoms with van der Waals surface area (Å²) in [5, 5.41) is 9.89. The Kier molecular flexibility index (Phi) is 8.64. The summed E-state index contributed by atoms with van der Waals surface area (Å²) in [5.41, 5.74) is 3.08. The minimum atomic E-state index is -4.45. The number of aliphatic carboxylic acids is 1. The molecule has 4 rings (SSSR count). The van der Waals surface area contributed by atoms with Gasteiger partial charge in [-0.3, -0.25) is 9.69 Å². The van der Waals surface area contributed by atoms with Gasteiger partial charge >= 0.3 is 12.1 Å². The topological polar surface area (TPSA) is 40.5 Å². The Hall–Kier alpha value is -3.90. The van der Waals surface area contributed by atoms with Crippen LogP contribution in [0.1, 0.15) is 58.8 Å². The van der Waals surface area contributed by atoms with Crippen molar-refractivity contribution in [2.75, 3.05) is 0 Å². The molecule has 6 heteroatoms. The lowest BCUT2D eigenvalue weighted by Crippen LogP contribution is -2.32. The van der Waals surface area contributed by atoms with Gasteiger partial charge in [-0.2, -0.15) is 13.2 Å². The first-order valence-corrected chi connectivity index (χ1v) is 12.5. The maximum absolute atomic E-state index is 13.6. The van der Waals surface area contributed by atoms with Crippen LogP contribution in [-0.4, -0.2) is 16.0 Å². The number of carboxylic acid groups (broad SMARTS) is 1. The van der Waals surface area contributed by atoms with Gasteiger partial charge in [-0.15, -0.1) is 0 Å². The minimum absolute atomic E-state index is 0.0935. The number of carbonyl (C=O) groups is 1. The molecule has 0 aliphatic carbocycles. The first kappa shape index (κ1) is 27.1. The third kappa shape index (κ3) is 6.90. The molecule has 0 saturated heterocycles. The predicted octanol–water partition coefficient (Wildman–Crippen LogP) is 8.08. The first-order chi connectivity index (χ1) is 18.2. The number of alkyl halides is 3. The van der Waals surface area contributed by atoms with Crippen molar-refractivity contribution in [2.24, 2.45) is 0 Å². The van der Waals surface area contributed by atoms with E-state index in [4.69, 9.17) is 0 Å². The molecule has 0 saturated carbocycles. The summed E-state index contributed by atoms with van der Waals surface area (Å²) in [4.78, 5) is 14.2. The smallest absolute Gasteiger partial charge is 0.416 e. The first-order valence-electron chi connectivity index (χ1n) is 12.5. The second-order valence-corrected chi connectivity index (χ2v) is 9.43. The van der Waals surface area contributed by atoms with Gasteiger partial charge in [0.2, 0.25) is 0 Å². The van der Waals surface area contributed by atoms with Crippen LogP contribution in [-0.2, 0) is 23.9 Å². The molecule has 38 heavy (non-hydrogen) atoms. The summed E-state index contributed by atoms with van der Waals surface area (Å²) in [6, 6.07) is 32.0. The van der Waals surface area contributed by atoms with Crippen LogP contribution in [0, 0.1) is 0 Å². The van der Waals surface area contributed by atoms with Crippen molar-refractivity contribution in [1.82, 2.24) is 4.90 Å². The van der Waals surface area contributed by atoms with Crippen molar-refractivity contribution in [1.29, 1.82) is 0 Å². The van der Waals surface area contributed by atoms with Gasteiger partial charge in [-0.05, 0) is 47.2 Å². The number of rotatable bonds is 10. The highest BCUT2D eigenvalue weighted by molar-refractivity contribution is 5.68. The number of benzene rings is 4. The molecule has 196 valence electrons. The van der Waals surface area contributed by atoms with E-state index < -0.39 is 23.8 Å². The summed E-state index contributed by atoms with van der Waals surface area (Å²) in [7, 11) is 0. The fourth-order valence-electron chi connectivity index (χ4n) is 4.91. The largest absolute Gasteiger partial charge is 0.481 e. The Morgan fingerprint density at radius 2 is 1.37 bits per heavy atom. The standard InChI is InChI=1S/C32H30F3NO2/c1-23(26-14-6-3-7-15-26)36(22-24-11-4-2-5-12-24)30(21-31(37)38)28-17-10-13-25(20-28)19-27-16-8-9-18-29(27)32(33,34)35/h2-18,20,23,30H,19,21-22H2,1H3,(H,37,38). The molecule has 0 aromatic heterocycles. The summed E-state index contributed by atoms with van der Waals surface area (Å²) < 4.78 is 40.8. The van der Waals surface area contributed by atoms with Crippen LogP contribution in [0.2, 0.25) is 0 Å². The monoisotopic (exact) mass is 517 g/mol. The van der Waals surface area contributed by atoms with Gasteiger partial charge in [-0.1, -0.05) is 103 Å². The van der Waals surface area contributed by atoms with Crippen molar-refractivity contribution < 1.29 is 23.1 Å². The van der Waals surface area contributed by atoms with E-state index in [1.165, 1.54) is 12.1 Å². The summed E-state index contributed by atoms with van der Waals surface area (Å²) >= 11 is 0. The molecule has 0 spiro atoms. The van der Waals surface area contributed by atoms with E-state index in [2.05, 4.69) is 11.8 Å². The van der Waals surface area contributed by atoms with Crippen LogP contribution in [0.15, 0.2) is 109 Å². The Morgan fingerprint density at radius 3 is 2.03 bits per heavy atom. The van der Waals surface area contributed by atoms with Crippen LogP contribution < -0.4 is 0 Å². The van der Waals surface area contributed by atoms with E-state index >= 15 is 0 Å². The number of halogens is 3. The van der Waals surface area contributed by atoms with Crippen LogP contribution in [0.5, 0.6) is 0 Å². The van der Waals surface area contributed by atoms with Crippen LogP contribution in [0.4, 0.5) is 13.2 Å². The molecule has 2 atom stereocenters. The molecular weight excluding hydrogens is 487 g/mol. The molecule has 4 aromatic rings. The molecule has 0 fully saturated rings. The summed E-state index contributed by atoms with van der Waals surface area (Å²) in [6.45, 7) is 2.56. The van der Waals surface area contributed by atoms with E-state index in [9.17, 15) is 23.1 Å². The third-order valence-electron chi connectivity index (χ3n) is 6.81. The highest BCUT2D eigenvalue weighted by Gasteiger charge is 2.33. The highest BCUT2D eigenvalue weighted by atomic mass is 19.4. The fraction of sp³-hybridized carbons (Fsp3) is 0.219. The zero-order valence-electron chi connectivity index (χ0n) is 21.1. The highest BCUT2D eigenvalue weighted by Crippen LogP contribution is 2.36. The lowest BCUT2D eigenvalue weighted by Gasteiger charge is -2.37. The van der Waals surface area contributed by atoms with E-state index in [1.54, 1.807) is 18.2 Å². The minimum Gasteiger partial charge on any atom is -0.481 e. The van der Waals surface area contributed by atoms with Gasteiger partial charge in [0.1, 0.15) is 0 Å². The Labute approximate surface area is 221 Å². The number of hydrogen-bond acceptors (Lipinski definition) is 2. The lowest BCUT2D eigenvalue weighted by molar-refractivity contribution is -0.139. The molecule has 0 amide bonds. The summed E-state index contributed by atoms with van der Waals surface area (Å²) in [5.74, 6) is -0.943. The van der Waals surface area contributed by atoms with E-state index in [0.717, 1.165) is 22.8 Å².